The molecule has 0 spiro atoms. The van der Waals surface area contributed by atoms with Crippen LogP contribution in [0.5, 0.6) is 0 Å². The van der Waals surface area contributed by atoms with Gasteiger partial charge < -0.3 is 20.6 Å². The molecule has 3 unspecified atom stereocenters. The Morgan fingerprint density at radius 1 is 0.455 bits per heavy atom. The molecule has 0 rings (SSSR count). The van der Waals surface area contributed by atoms with Gasteiger partial charge in [0.1, 0.15) is 0 Å². The first-order valence-corrected chi connectivity index (χ1v) is 24.3. The molecule has 0 bridgehead atoms. The molecule has 0 aliphatic rings. The summed E-state index contributed by atoms with van der Waals surface area (Å²) < 4.78 is 0. The predicted octanol–water partition coefficient (Wildman–Crippen LogP) is 14.3. The number of aliphatic hydroxyl groups is 3. The van der Waals surface area contributed by atoms with Crippen molar-refractivity contribution in [1.29, 1.82) is 0 Å². The van der Waals surface area contributed by atoms with Gasteiger partial charge in [0.05, 0.1) is 31.3 Å². The molecule has 0 heterocycles. The van der Waals surface area contributed by atoms with Crippen molar-refractivity contribution < 1.29 is 20.1 Å². The number of carbonyl (C=O) groups excluding carboxylic acids is 1. The van der Waals surface area contributed by atoms with Gasteiger partial charge in [0, 0.05) is 0 Å². The normalized spacial score (nSPS) is 13.8. The summed E-state index contributed by atoms with van der Waals surface area (Å²) in [6, 6.07) is -0.760. The highest BCUT2D eigenvalue weighted by Gasteiger charge is 2.20. The van der Waals surface area contributed by atoms with Gasteiger partial charge in [-0.25, -0.2) is 0 Å². The van der Waals surface area contributed by atoms with Crippen LogP contribution < -0.4 is 5.32 Å². The number of aliphatic hydroxyl groups excluding tert-OH is 3. The topological polar surface area (TPSA) is 89.8 Å². The van der Waals surface area contributed by atoms with Crippen molar-refractivity contribution in [3.63, 3.8) is 0 Å². The number of hydrogen-bond donors (Lipinski definition) is 4. The van der Waals surface area contributed by atoms with Crippen LogP contribution >= 0.6 is 0 Å². The number of amides is 1. The van der Waals surface area contributed by atoms with E-state index in [2.05, 4.69) is 43.5 Å². The van der Waals surface area contributed by atoms with E-state index >= 15 is 0 Å². The standard InChI is InChI=1S/C50H95NO4/c1-3-5-7-9-11-13-15-17-19-20-21-22-23-24-25-26-27-28-29-30-31-33-35-37-39-41-43-47(53)45-50(55)51-48(46-52)49(54)44-42-40-38-36-34-32-18-16-14-12-10-8-6-4-2/h24-25,34,36,42,44,47-49,52-54H,3-23,26-33,35,37-41,43,45-46H2,1-2H3,(H,51,55)/b25-24-,36-34+,44-42+. The summed E-state index contributed by atoms with van der Waals surface area (Å²) in [7, 11) is 0. The van der Waals surface area contributed by atoms with E-state index in [-0.39, 0.29) is 18.9 Å². The average Bonchev–Trinajstić information content (AvgIpc) is 3.18. The lowest BCUT2D eigenvalue weighted by atomic mass is 10.0. The minimum atomic E-state index is -0.951. The quantitative estimate of drug-likeness (QED) is 0.0367. The summed E-state index contributed by atoms with van der Waals surface area (Å²) in [5, 5.41) is 33.2. The third kappa shape index (κ3) is 42.0. The number of allylic oxidation sites excluding steroid dienone is 5. The number of nitrogens with one attached hydrogen (secondary N) is 1. The minimum absolute atomic E-state index is 0.00577. The maximum atomic E-state index is 12.4. The van der Waals surface area contributed by atoms with Crippen LogP contribution in [0.2, 0.25) is 0 Å². The molecule has 0 saturated carbocycles. The summed E-state index contributed by atoms with van der Waals surface area (Å²) in [5.41, 5.74) is 0. The van der Waals surface area contributed by atoms with E-state index in [0.29, 0.717) is 6.42 Å². The van der Waals surface area contributed by atoms with Crippen LogP contribution in [0, 0.1) is 0 Å². The van der Waals surface area contributed by atoms with Crippen LogP contribution in [0.15, 0.2) is 36.5 Å². The van der Waals surface area contributed by atoms with Gasteiger partial charge >= 0.3 is 0 Å². The first-order valence-electron chi connectivity index (χ1n) is 24.3. The summed E-state index contributed by atoms with van der Waals surface area (Å²) in [6.45, 7) is 4.20. The average molecular weight is 774 g/mol. The van der Waals surface area contributed by atoms with Crippen molar-refractivity contribution in [2.75, 3.05) is 6.61 Å². The minimum Gasteiger partial charge on any atom is -0.394 e. The summed E-state index contributed by atoms with van der Waals surface area (Å²) in [6.07, 6.45) is 57.4. The van der Waals surface area contributed by atoms with Gasteiger partial charge in [-0.1, -0.05) is 224 Å². The molecule has 0 aromatic carbocycles. The number of unbranched alkanes of at least 4 members (excludes halogenated alkanes) is 31. The third-order valence-electron chi connectivity index (χ3n) is 11.1. The maximum Gasteiger partial charge on any atom is 0.222 e. The van der Waals surface area contributed by atoms with Crippen LogP contribution in [0.3, 0.4) is 0 Å². The van der Waals surface area contributed by atoms with Crippen LogP contribution in [-0.4, -0.2) is 46.1 Å². The second kappa shape index (κ2) is 45.3. The van der Waals surface area contributed by atoms with Gasteiger partial charge in [-0.05, 0) is 57.8 Å². The van der Waals surface area contributed by atoms with Gasteiger partial charge in [0.2, 0.25) is 5.91 Å². The Labute approximate surface area is 343 Å². The highest BCUT2D eigenvalue weighted by molar-refractivity contribution is 5.76. The highest BCUT2D eigenvalue weighted by Crippen LogP contribution is 2.16. The van der Waals surface area contributed by atoms with E-state index in [1.54, 1.807) is 6.08 Å². The van der Waals surface area contributed by atoms with Crippen molar-refractivity contribution in [2.24, 2.45) is 0 Å². The molecule has 324 valence electrons. The SMILES string of the molecule is CCCCCCCCCC/C=C/CC/C=C/C(O)C(CO)NC(=O)CC(O)CCCCCCCCCCCC/C=C\CCCCCCCCCCCCCC. The second-order valence-electron chi connectivity index (χ2n) is 16.7. The van der Waals surface area contributed by atoms with Gasteiger partial charge in [0.25, 0.3) is 0 Å². The molecule has 4 N–H and O–H groups in total. The molecule has 0 aliphatic heterocycles. The molecule has 0 radical (unpaired) electrons. The van der Waals surface area contributed by atoms with Crippen molar-refractivity contribution in [1.82, 2.24) is 5.32 Å². The summed E-state index contributed by atoms with van der Waals surface area (Å²) in [5.74, 6) is -0.325. The van der Waals surface area contributed by atoms with Crippen molar-refractivity contribution in [3.05, 3.63) is 36.5 Å². The van der Waals surface area contributed by atoms with Crippen LogP contribution in [0.1, 0.15) is 251 Å². The molecule has 5 nitrogen and oxygen atoms in total. The van der Waals surface area contributed by atoms with E-state index in [9.17, 15) is 20.1 Å². The maximum absolute atomic E-state index is 12.4. The molecular formula is C50H95NO4. The Balaban J connectivity index is 3.61. The Morgan fingerprint density at radius 2 is 0.782 bits per heavy atom. The van der Waals surface area contributed by atoms with Gasteiger partial charge in [0.15, 0.2) is 0 Å². The van der Waals surface area contributed by atoms with Crippen LogP contribution in [0.4, 0.5) is 0 Å². The molecule has 0 fully saturated rings. The smallest absolute Gasteiger partial charge is 0.222 e. The first kappa shape index (κ1) is 53.6. The monoisotopic (exact) mass is 774 g/mol. The highest BCUT2D eigenvalue weighted by atomic mass is 16.3. The van der Waals surface area contributed by atoms with Gasteiger partial charge in [-0.15, -0.1) is 0 Å². The summed E-state index contributed by atoms with van der Waals surface area (Å²) >= 11 is 0. The zero-order valence-corrected chi connectivity index (χ0v) is 36.8. The lowest BCUT2D eigenvalue weighted by Gasteiger charge is -2.21. The van der Waals surface area contributed by atoms with E-state index in [4.69, 9.17) is 0 Å². The molecule has 0 aromatic rings. The molecule has 5 heteroatoms. The zero-order chi connectivity index (χ0) is 40.1. The molecule has 3 atom stereocenters. The fourth-order valence-electron chi connectivity index (χ4n) is 7.41. The van der Waals surface area contributed by atoms with Crippen molar-refractivity contribution in [3.8, 4) is 0 Å². The molecule has 55 heavy (non-hydrogen) atoms. The number of hydrogen-bond acceptors (Lipinski definition) is 4. The Morgan fingerprint density at radius 3 is 1.16 bits per heavy atom. The fraction of sp³-hybridized carbons (Fsp3) is 0.860. The molecular weight excluding hydrogens is 679 g/mol. The fourth-order valence-corrected chi connectivity index (χ4v) is 7.41. The number of rotatable bonds is 44. The van der Waals surface area contributed by atoms with E-state index in [0.717, 1.165) is 32.1 Å². The molecule has 0 aliphatic carbocycles. The predicted molar refractivity (Wildman–Crippen MR) is 241 cm³/mol. The van der Waals surface area contributed by atoms with Crippen molar-refractivity contribution >= 4 is 5.91 Å². The Bertz CT molecular complexity index is 855. The lowest BCUT2D eigenvalue weighted by Crippen LogP contribution is -2.45. The van der Waals surface area contributed by atoms with E-state index < -0.39 is 18.2 Å². The van der Waals surface area contributed by atoms with E-state index in [1.165, 1.54) is 193 Å². The van der Waals surface area contributed by atoms with Crippen molar-refractivity contribution in [2.45, 2.75) is 270 Å². The summed E-state index contributed by atoms with van der Waals surface area (Å²) in [4.78, 5) is 12.4. The molecule has 0 saturated heterocycles. The molecule has 1 amide bonds. The lowest BCUT2D eigenvalue weighted by molar-refractivity contribution is -0.124. The third-order valence-corrected chi connectivity index (χ3v) is 11.1. The van der Waals surface area contributed by atoms with Crippen LogP contribution in [0.25, 0.3) is 0 Å². The largest absolute Gasteiger partial charge is 0.394 e. The Hall–Kier alpha value is -1.43. The zero-order valence-electron chi connectivity index (χ0n) is 36.8. The van der Waals surface area contributed by atoms with E-state index in [1.807, 2.05) is 6.08 Å². The van der Waals surface area contributed by atoms with Gasteiger partial charge in [-0.3, -0.25) is 4.79 Å². The first-order chi connectivity index (χ1) is 27.0. The second-order valence-corrected chi connectivity index (χ2v) is 16.7. The number of carbonyl (C=O) groups is 1. The molecule has 0 aromatic heterocycles. The van der Waals surface area contributed by atoms with Gasteiger partial charge in [-0.2, -0.15) is 0 Å². The van der Waals surface area contributed by atoms with Crippen LogP contribution in [-0.2, 0) is 4.79 Å². The Kier molecular flexibility index (Phi) is 44.1.